The molecular weight excluding hydrogens is 416 g/mol. The molecule has 0 saturated carbocycles. The number of carbonyl (C=O) groups excluding carboxylic acids is 1. The van der Waals surface area contributed by atoms with E-state index in [0.29, 0.717) is 23.0 Å². The molecule has 0 bridgehead atoms. The Hall–Kier alpha value is -3.72. The van der Waals surface area contributed by atoms with Gasteiger partial charge in [0.2, 0.25) is 5.95 Å². The van der Waals surface area contributed by atoms with Crippen LogP contribution in [0.4, 0.5) is 29.0 Å². The highest BCUT2D eigenvalue weighted by Gasteiger charge is 2.14. The predicted octanol–water partition coefficient (Wildman–Crippen LogP) is 3.22. The summed E-state index contributed by atoms with van der Waals surface area (Å²) >= 11 is 0. The van der Waals surface area contributed by atoms with Gasteiger partial charge in [0.25, 0.3) is 5.91 Å². The number of amides is 1. The zero-order chi connectivity index (χ0) is 23.2. The van der Waals surface area contributed by atoms with E-state index in [1.165, 1.54) is 0 Å². The third-order valence-electron chi connectivity index (χ3n) is 5.26. The van der Waals surface area contributed by atoms with E-state index in [-0.39, 0.29) is 11.9 Å². The molecule has 9 nitrogen and oxygen atoms in total. The van der Waals surface area contributed by atoms with Crippen molar-refractivity contribution in [1.29, 1.82) is 0 Å². The topological polar surface area (TPSA) is 107 Å². The monoisotopic (exact) mass is 446 g/mol. The molecule has 1 aliphatic heterocycles. The Labute approximate surface area is 194 Å². The van der Waals surface area contributed by atoms with Gasteiger partial charge in [0.05, 0.1) is 23.1 Å². The summed E-state index contributed by atoms with van der Waals surface area (Å²) in [5, 5.41) is 12.8. The normalized spacial score (nSPS) is 13.6. The number of carbonyl (C=O) groups is 1. The van der Waals surface area contributed by atoms with Crippen molar-refractivity contribution >= 4 is 34.9 Å². The summed E-state index contributed by atoms with van der Waals surface area (Å²) in [6.45, 7) is 9.64. The average Bonchev–Trinajstić information content (AvgIpc) is 2.82. The largest absolute Gasteiger partial charge is 0.354 e. The van der Waals surface area contributed by atoms with Gasteiger partial charge >= 0.3 is 0 Å². The van der Waals surface area contributed by atoms with Crippen molar-refractivity contribution in [3.8, 4) is 0 Å². The first-order valence-electron chi connectivity index (χ1n) is 11.2. The molecule has 0 spiro atoms. The van der Waals surface area contributed by atoms with Crippen LogP contribution in [-0.2, 0) is 0 Å². The first-order chi connectivity index (χ1) is 16.0. The zero-order valence-corrected chi connectivity index (χ0v) is 19.2. The molecule has 0 radical (unpaired) electrons. The number of nitrogens with one attached hydrogen (secondary N) is 4. The fourth-order valence-corrected chi connectivity index (χ4v) is 3.56. The number of hydrogen-bond acceptors (Lipinski definition) is 8. The van der Waals surface area contributed by atoms with Crippen LogP contribution < -0.4 is 26.2 Å². The fourth-order valence-electron chi connectivity index (χ4n) is 3.56. The van der Waals surface area contributed by atoms with Crippen LogP contribution in [0.3, 0.4) is 0 Å². The molecule has 1 saturated heterocycles. The van der Waals surface area contributed by atoms with Gasteiger partial charge in [-0.25, -0.2) is 9.97 Å². The molecule has 0 unspecified atom stereocenters. The lowest BCUT2D eigenvalue weighted by Gasteiger charge is -2.28. The van der Waals surface area contributed by atoms with Crippen LogP contribution >= 0.6 is 0 Å². The van der Waals surface area contributed by atoms with Gasteiger partial charge in [-0.1, -0.05) is 12.1 Å². The summed E-state index contributed by atoms with van der Waals surface area (Å²) < 4.78 is 0. The molecule has 4 N–H and O–H groups in total. The second-order valence-electron chi connectivity index (χ2n) is 8.29. The maximum Gasteiger partial charge on any atom is 0.253 e. The number of anilines is 5. The number of nitrogens with zero attached hydrogens (tertiary/aromatic N) is 4. The van der Waals surface area contributed by atoms with Crippen LogP contribution in [0.5, 0.6) is 0 Å². The van der Waals surface area contributed by atoms with Gasteiger partial charge < -0.3 is 26.2 Å². The standard InChI is InChI=1S/C24H30N8O/c1-16(2)28-23(33)19-6-4-5-7-20(19)30-22-17(3)14-27-24(31-22)29-18-8-9-21(26-15-18)32-12-10-25-11-13-32/h4-9,14-16,25H,10-13H2,1-3H3,(H,28,33)(H2,27,29,30,31). The van der Waals surface area contributed by atoms with Gasteiger partial charge in [-0.2, -0.15) is 4.98 Å². The van der Waals surface area contributed by atoms with E-state index >= 15 is 0 Å². The van der Waals surface area contributed by atoms with E-state index in [4.69, 9.17) is 0 Å². The van der Waals surface area contributed by atoms with E-state index in [2.05, 4.69) is 41.1 Å². The Kier molecular flexibility index (Phi) is 6.99. The van der Waals surface area contributed by atoms with Gasteiger partial charge in [0.1, 0.15) is 11.6 Å². The lowest BCUT2D eigenvalue weighted by Crippen LogP contribution is -2.43. The van der Waals surface area contributed by atoms with Crippen LogP contribution in [0.1, 0.15) is 29.8 Å². The molecule has 3 heterocycles. The summed E-state index contributed by atoms with van der Waals surface area (Å²) in [7, 11) is 0. The summed E-state index contributed by atoms with van der Waals surface area (Å²) in [6.07, 6.45) is 3.54. The van der Waals surface area contributed by atoms with Crippen LogP contribution in [0.15, 0.2) is 48.8 Å². The maximum absolute atomic E-state index is 12.6. The van der Waals surface area contributed by atoms with Gasteiger partial charge in [0, 0.05) is 44.0 Å². The van der Waals surface area contributed by atoms with E-state index in [0.717, 1.165) is 43.2 Å². The third-order valence-corrected chi connectivity index (χ3v) is 5.26. The molecule has 0 aliphatic carbocycles. The Balaban J connectivity index is 1.49. The Morgan fingerprint density at radius 2 is 1.82 bits per heavy atom. The molecule has 33 heavy (non-hydrogen) atoms. The number of piperazine rings is 1. The Morgan fingerprint density at radius 3 is 2.55 bits per heavy atom. The number of hydrogen-bond donors (Lipinski definition) is 4. The Bertz CT molecular complexity index is 1090. The third kappa shape index (κ3) is 5.75. The smallest absolute Gasteiger partial charge is 0.253 e. The molecule has 2 aromatic heterocycles. The molecule has 4 rings (SSSR count). The van der Waals surface area contributed by atoms with E-state index in [1.807, 2.05) is 51.1 Å². The first kappa shape index (κ1) is 22.5. The van der Waals surface area contributed by atoms with Crippen molar-refractivity contribution in [2.24, 2.45) is 0 Å². The number of aromatic nitrogens is 3. The lowest BCUT2D eigenvalue weighted by atomic mass is 10.1. The van der Waals surface area contributed by atoms with Crippen LogP contribution in [-0.4, -0.2) is 53.1 Å². The molecular formula is C24H30N8O. The summed E-state index contributed by atoms with van der Waals surface area (Å²) in [6, 6.07) is 11.4. The van der Waals surface area contributed by atoms with Crippen molar-refractivity contribution < 1.29 is 4.79 Å². The molecule has 9 heteroatoms. The lowest BCUT2D eigenvalue weighted by molar-refractivity contribution is 0.0944. The van der Waals surface area contributed by atoms with Crippen LogP contribution in [0.2, 0.25) is 0 Å². The zero-order valence-electron chi connectivity index (χ0n) is 19.2. The molecule has 1 fully saturated rings. The number of rotatable bonds is 7. The SMILES string of the molecule is Cc1cnc(Nc2ccc(N3CCNCC3)nc2)nc1Nc1ccccc1C(=O)NC(C)C. The minimum absolute atomic E-state index is 0.0497. The van der Waals surface area contributed by atoms with E-state index < -0.39 is 0 Å². The second-order valence-corrected chi connectivity index (χ2v) is 8.29. The van der Waals surface area contributed by atoms with Crippen molar-refractivity contribution in [1.82, 2.24) is 25.6 Å². The first-order valence-corrected chi connectivity index (χ1v) is 11.2. The minimum atomic E-state index is -0.131. The van der Waals surface area contributed by atoms with Crippen molar-refractivity contribution in [3.05, 3.63) is 59.9 Å². The molecule has 1 aromatic carbocycles. The highest BCUT2D eigenvalue weighted by Crippen LogP contribution is 2.24. The number of benzene rings is 1. The minimum Gasteiger partial charge on any atom is -0.354 e. The Morgan fingerprint density at radius 1 is 1.03 bits per heavy atom. The van der Waals surface area contributed by atoms with Crippen molar-refractivity contribution in [3.63, 3.8) is 0 Å². The highest BCUT2D eigenvalue weighted by molar-refractivity contribution is 6.00. The average molecular weight is 447 g/mol. The van der Waals surface area contributed by atoms with Gasteiger partial charge in [-0.3, -0.25) is 4.79 Å². The molecule has 1 amide bonds. The van der Waals surface area contributed by atoms with Gasteiger partial charge in [0.15, 0.2) is 0 Å². The second kappa shape index (κ2) is 10.3. The van der Waals surface area contributed by atoms with Crippen LogP contribution in [0.25, 0.3) is 0 Å². The van der Waals surface area contributed by atoms with E-state index in [9.17, 15) is 4.79 Å². The maximum atomic E-state index is 12.6. The number of pyridine rings is 1. The molecule has 0 atom stereocenters. The molecule has 1 aliphatic rings. The summed E-state index contributed by atoms with van der Waals surface area (Å²) in [5.74, 6) is 1.91. The highest BCUT2D eigenvalue weighted by atomic mass is 16.1. The summed E-state index contributed by atoms with van der Waals surface area (Å²) in [4.78, 5) is 28.5. The predicted molar refractivity (Wildman–Crippen MR) is 132 cm³/mol. The number of para-hydroxylation sites is 1. The van der Waals surface area contributed by atoms with Crippen LogP contribution in [0, 0.1) is 6.92 Å². The van der Waals surface area contributed by atoms with Crippen molar-refractivity contribution in [2.75, 3.05) is 41.7 Å². The number of aryl methyl sites for hydroxylation is 1. The molecule has 3 aromatic rings. The van der Waals surface area contributed by atoms with Gasteiger partial charge in [-0.15, -0.1) is 0 Å². The summed E-state index contributed by atoms with van der Waals surface area (Å²) in [5.41, 5.74) is 2.92. The fraction of sp³-hybridized carbons (Fsp3) is 0.333. The van der Waals surface area contributed by atoms with Gasteiger partial charge in [-0.05, 0) is 45.0 Å². The van der Waals surface area contributed by atoms with Crippen molar-refractivity contribution in [2.45, 2.75) is 26.8 Å². The van der Waals surface area contributed by atoms with E-state index in [1.54, 1.807) is 18.5 Å². The molecule has 172 valence electrons. The quantitative estimate of drug-likeness (QED) is 0.438.